The van der Waals surface area contributed by atoms with Crippen LogP contribution in [0.15, 0.2) is 22.7 Å². The standard InChI is InChI=1S/C16H25BrFNO/c1-5-16(6-2,20-8-4)15(19-7-3)13-11-12(17)9-10-14(13)18/h9-11,15,19H,5-8H2,1-4H3. The lowest BCUT2D eigenvalue weighted by atomic mass is 9.83. The Bertz CT molecular complexity index is 421. The van der Waals surface area contributed by atoms with E-state index in [2.05, 4.69) is 35.1 Å². The van der Waals surface area contributed by atoms with Crippen molar-refractivity contribution < 1.29 is 9.13 Å². The molecule has 0 bridgehead atoms. The van der Waals surface area contributed by atoms with Crippen molar-refractivity contribution in [2.75, 3.05) is 13.2 Å². The maximum atomic E-state index is 14.3. The maximum absolute atomic E-state index is 14.3. The van der Waals surface area contributed by atoms with Gasteiger partial charge in [0, 0.05) is 16.6 Å². The molecule has 114 valence electrons. The monoisotopic (exact) mass is 345 g/mol. The van der Waals surface area contributed by atoms with E-state index in [0.717, 1.165) is 23.9 Å². The quantitative estimate of drug-likeness (QED) is 0.728. The summed E-state index contributed by atoms with van der Waals surface area (Å²) in [7, 11) is 0. The van der Waals surface area contributed by atoms with Gasteiger partial charge in [0.2, 0.25) is 0 Å². The highest BCUT2D eigenvalue weighted by Crippen LogP contribution is 2.37. The molecule has 0 aliphatic carbocycles. The lowest BCUT2D eigenvalue weighted by Crippen LogP contribution is -2.46. The molecule has 0 radical (unpaired) electrons. The second-order valence-corrected chi connectivity index (χ2v) is 5.78. The summed E-state index contributed by atoms with van der Waals surface area (Å²) in [5.41, 5.74) is 0.283. The highest BCUT2D eigenvalue weighted by molar-refractivity contribution is 9.10. The predicted molar refractivity (Wildman–Crippen MR) is 85.5 cm³/mol. The largest absolute Gasteiger partial charge is 0.373 e. The first-order valence-electron chi connectivity index (χ1n) is 7.36. The van der Waals surface area contributed by atoms with E-state index in [1.807, 2.05) is 19.9 Å². The molecule has 0 saturated heterocycles. The van der Waals surface area contributed by atoms with E-state index in [9.17, 15) is 4.39 Å². The summed E-state index contributed by atoms with van der Waals surface area (Å²) in [4.78, 5) is 0. The highest BCUT2D eigenvalue weighted by Gasteiger charge is 2.38. The fraction of sp³-hybridized carbons (Fsp3) is 0.625. The molecule has 1 rings (SSSR count). The van der Waals surface area contributed by atoms with Gasteiger partial charge in [-0.2, -0.15) is 0 Å². The Morgan fingerprint density at radius 1 is 1.25 bits per heavy atom. The molecule has 2 nitrogen and oxygen atoms in total. The van der Waals surface area contributed by atoms with Crippen molar-refractivity contribution in [1.29, 1.82) is 0 Å². The van der Waals surface area contributed by atoms with Gasteiger partial charge >= 0.3 is 0 Å². The van der Waals surface area contributed by atoms with Gasteiger partial charge in [0.05, 0.1) is 11.6 Å². The fourth-order valence-corrected chi connectivity index (χ4v) is 3.13. The minimum absolute atomic E-state index is 0.153. The van der Waals surface area contributed by atoms with Crippen molar-refractivity contribution in [2.24, 2.45) is 0 Å². The first-order valence-corrected chi connectivity index (χ1v) is 8.16. The normalized spacial score (nSPS) is 13.5. The van der Waals surface area contributed by atoms with Crippen molar-refractivity contribution in [3.63, 3.8) is 0 Å². The second-order valence-electron chi connectivity index (χ2n) is 4.86. The second kappa shape index (κ2) is 8.11. The van der Waals surface area contributed by atoms with E-state index >= 15 is 0 Å². The highest BCUT2D eigenvalue weighted by atomic mass is 79.9. The van der Waals surface area contributed by atoms with E-state index in [1.54, 1.807) is 6.07 Å². The lowest BCUT2D eigenvalue weighted by molar-refractivity contribution is -0.0737. The molecule has 0 amide bonds. The summed E-state index contributed by atoms with van der Waals surface area (Å²) >= 11 is 3.43. The summed E-state index contributed by atoms with van der Waals surface area (Å²) in [6.07, 6.45) is 1.67. The Labute approximate surface area is 130 Å². The van der Waals surface area contributed by atoms with E-state index in [0.29, 0.717) is 12.2 Å². The molecule has 0 aliphatic heterocycles. The van der Waals surface area contributed by atoms with Gasteiger partial charge in [0.25, 0.3) is 0 Å². The molecule has 4 heteroatoms. The minimum Gasteiger partial charge on any atom is -0.373 e. The zero-order valence-corrected chi connectivity index (χ0v) is 14.4. The van der Waals surface area contributed by atoms with Crippen LogP contribution in [0.2, 0.25) is 0 Å². The predicted octanol–water partition coefficient (Wildman–Crippen LogP) is 4.83. The van der Waals surface area contributed by atoms with Crippen LogP contribution in [-0.2, 0) is 4.74 Å². The molecular weight excluding hydrogens is 321 g/mol. The third-order valence-electron chi connectivity index (χ3n) is 3.83. The molecular formula is C16H25BrFNO. The van der Waals surface area contributed by atoms with Crippen LogP contribution in [0.25, 0.3) is 0 Å². The molecule has 0 spiro atoms. The Hall–Kier alpha value is -0.450. The zero-order chi connectivity index (χ0) is 15.2. The molecule has 20 heavy (non-hydrogen) atoms. The van der Waals surface area contributed by atoms with Crippen LogP contribution in [0.4, 0.5) is 4.39 Å². The van der Waals surface area contributed by atoms with E-state index in [1.165, 1.54) is 6.07 Å². The molecule has 0 aromatic heterocycles. The number of nitrogens with one attached hydrogen (secondary N) is 1. The van der Waals surface area contributed by atoms with Gasteiger partial charge < -0.3 is 10.1 Å². The molecule has 1 aromatic carbocycles. The van der Waals surface area contributed by atoms with E-state index in [4.69, 9.17) is 4.74 Å². The summed E-state index contributed by atoms with van der Waals surface area (Å²) in [5.74, 6) is -0.190. The maximum Gasteiger partial charge on any atom is 0.128 e. The van der Waals surface area contributed by atoms with Crippen LogP contribution in [0, 0.1) is 5.82 Å². The molecule has 1 atom stereocenters. The number of rotatable bonds is 8. The van der Waals surface area contributed by atoms with Crippen molar-refractivity contribution in [1.82, 2.24) is 5.32 Å². The number of hydrogen-bond donors (Lipinski definition) is 1. The number of likely N-dealkylation sites (N-methyl/N-ethyl adjacent to an activating group) is 1. The third kappa shape index (κ3) is 3.80. The van der Waals surface area contributed by atoms with Crippen molar-refractivity contribution in [3.8, 4) is 0 Å². The van der Waals surface area contributed by atoms with Crippen LogP contribution >= 0.6 is 15.9 Å². The topological polar surface area (TPSA) is 21.3 Å². The number of ether oxygens (including phenoxy) is 1. The Balaban J connectivity index is 3.29. The molecule has 1 aromatic rings. The summed E-state index contributed by atoms with van der Waals surface area (Å²) in [6.45, 7) is 9.61. The lowest BCUT2D eigenvalue weighted by Gasteiger charge is -2.40. The number of benzene rings is 1. The van der Waals surface area contributed by atoms with E-state index in [-0.39, 0.29) is 17.5 Å². The average Bonchev–Trinajstić information content (AvgIpc) is 2.45. The molecule has 0 aliphatic rings. The summed E-state index contributed by atoms with van der Waals surface area (Å²) < 4.78 is 21.2. The molecule has 1 unspecified atom stereocenters. The number of halogens is 2. The van der Waals surface area contributed by atoms with Crippen LogP contribution in [-0.4, -0.2) is 18.8 Å². The van der Waals surface area contributed by atoms with Crippen LogP contribution in [0.5, 0.6) is 0 Å². The van der Waals surface area contributed by atoms with E-state index < -0.39 is 0 Å². The van der Waals surface area contributed by atoms with Gasteiger partial charge in [-0.05, 0) is 44.5 Å². The SMILES string of the molecule is CCNC(c1cc(Br)ccc1F)C(CC)(CC)OCC. The molecule has 0 fully saturated rings. The van der Waals surface area contributed by atoms with Crippen molar-refractivity contribution in [2.45, 2.75) is 52.2 Å². The van der Waals surface area contributed by atoms with Gasteiger partial charge in [0.15, 0.2) is 0 Å². The smallest absolute Gasteiger partial charge is 0.128 e. The van der Waals surface area contributed by atoms with Gasteiger partial charge in [-0.3, -0.25) is 0 Å². The van der Waals surface area contributed by atoms with Gasteiger partial charge in [-0.15, -0.1) is 0 Å². The first kappa shape index (κ1) is 17.6. The van der Waals surface area contributed by atoms with Crippen molar-refractivity contribution >= 4 is 15.9 Å². The Morgan fingerprint density at radius 3 is 2.40 bits per heavy atom. The number of hydrogen-bond acceptors (Lipinski definition) is 2. The van der Waals surface area contributed by atoms with Gasteiger partial charge in [-0.25, -0.2) is 4.39 Å². The average molecular weight is 346 g/mol. The fourth-order valence-electron chi connectivity index (χ4n) is 2.75. The first-order chi connectivity index (χ1) is 9.54. The molecule has 0 heterocycles. The van der Waals surface area contributed by atoms with Gasteiger partial charge in [-0.1, -0.05) is 36.7 Å². The summed E-state index contributed by atoms with van der Waals surface area (Å²) in [6, 6.07) is 4.93. The van der Waals surface area contributed by atoms with Crippen LogP contribution < -0.4 is 5.32 Å². The van der Waals surface area contributed by atoms with Gasteiger partial charge in [0.1, 0.15) is 5.82 Å². The Morgan fingerprint density at radius 2 is 1.90 bits per heavy atom. The third-order valence-corrected chi connectivity index (χ3v) is 4.33. The zero-order valence-electron chi connectivity index (χ0n) is 12.8. The minimum atomic E-state index is -0.383. The Kier molecular flexibility index (Phi) is 7.13. The molecule has 1 N–H and O–H groups in total. The molecule has 0 saturated carbocycles. The summed E-state index contributed by atoms with van der Waals surface area (Å²) in [5, 5.41) is 3.41. The van der Waals surface area contributed by atoms with Crippen LogP contribution in [0.1, 0.15) is 52.1 Å². The van der Waals surface area contributed by atoms with Crippen LogP contribution in [0.3, 0.4) is 0 Å². The van der Waals surface area contributed by atoms with Crippen molar-refractivity contribution in [3.05, 3.63) is 34.1 Å².